The number of H-pyrrole nitrogens is 1. The van der Waals surface area contributed by atoms with Crippen LogP contribution in [0, 0.1) is 0 Å². The van der Waals surface area contributed by atoms with Crippen molar-refractivity contribution in [2.45, 2.75) is 13.5 Å². The summed E-state index contributed by atoms with van der Waals surface area (Å²) in [4.78, 5) is 12.5. The first kappa shape index (κ1) is 22.6. The molecule has 0 spiro atoms. The first-order valence-corrected chi connectivity index (χ1v) is 10.9. The van der Waals surface area contributed by atoms with E-state index in [9.17, 15) is 4.79 Å². The van der Waals surface area contributed by atoms with Crippen LogP contribution in [-0.4, -0.2) is 21.8 Å². The van der Waals surface area contributed by atoms with Gasteiger partial charge in [-0.25, -0.2) is 5.43 Å². The number of carbonyl (C=O) groups excluding carboxylic acids is 1. The topological polar surface area (TPSA) is 79.4 Å². The van der Waals surface area contributed by atoms with Crippen LogP contribution in [0.3, 0.4) is 0 Å². The third-order valence-electron chi connectivity index (χ3n) is 4.86. The summed E-state index contributed by atoms with van der Waals surface area (Å²) in [5.74, 6) is 0.303. The molecule has 4 aromatic rings. The molecule has 33 heavy (non-hydrogen) atoms. The fraction of sp³-hybridized carbons (Fsp3) is 0.0800. The van der Waals surface area contributed by atoms with Gasteiger partial charge in [0, 0.05) is 5.56 Å². The highest BCUT2D eigenvalue weighted by molar-refractivity contribution is 6.42. The zero-order valence-corrected chi connectivity index (χ0v) is 19.2. The van der Waals surface area contributed by atoms with Gasteiger partial charge in [-0.15, -0.1) is 0 Å². The Kier molecular flexibility index (Phi) is 7.07. The second-order valence-electron chi connectivity index (χ2n) is 7.24. The van der Waals surface area contributed by atoms with Crippen molar-refractivity contribution in [3.05, 3.63) is 106 Å². The van der Waals surface area contributed by atoms with Gasteiger partial charge >= 0.3 is 0 Å². The van der Waals surface area contributed by atoms with Crippen LogP contribution in [0.4, 0.5) is 0 Å². The molecule has 0 fully saturated rings. The molecule has 0 aliphatic carbocycles. The molecule has 2 N–H and O–H groups in total. The number of nitrogens with one attached hydrogen (secondary N) is 2. The van der Waals surface area contributed by atoms with Gasteiger partial charge in [0.15, 0.2) is 0 Å². The number of hydrazone groups is 1. The summed E-state index contributed by atoms with van der Waals surface area (Å²) in [6.07, 6.45) is 0. The fourth-order valence-corrected chi connectivity index (χ4v) is 3.35. The third kappa shape index (κ3) is 5.80. The number of hydrogen-bond donors (Lipinski definition) is 2. The monoisotopic (exact) mass is 478 g/mol. The Hall–Kier alpha value is -3.61. The summed E-state index contributed by atoms with van der Waals surface area (Å²) >= 11 is 12.0. The molecule has 166 valence electrons. The number of nitrogens with zero attached hydrogens (tertiary/aromatic N) is 2. The Labute approximate surface area is 201 Å². The van der Waals surface area contributed by atoms with Crippen LogP contribution in [0.25, 0.3) is 11.3 Å². The summed E-state index contributed by atoms with van der Waals surface area (Å²) in [5.41, 5.74) is 6.67. The lowest BCUT2D eigenvalue weighted by Gasteiger charge is -2.07. The van der Waals surface area contributed by atoms with Crippen LogP contribution < -0.4 is 10.2 Å². The second-order valence-corrected chi connectivity index (χ2v) is 8.05. The van der Waals surface area contributed by atoms with Crippen LogP contribution in [0.5, 0.6) is 5.75 Å². The van der Waals surface area contributed by atoms with Crippen LogP contribution in [0.2, 0.25) is 10.0 Å². The number of amides is 1. The Morgan fingerprint density at radius 2 is 1.82 bits per heavy atom. The maximum Gasteiger partial charge on any atom is 0.289 e. The number of hydrogen-bond acceptors (Lipinski definition) is 4. The predicted octanol–water partition coefficient (Wildman–Crippen LogP) is 6.12. The number of benzene rings is 3. The summed E-state index contributed by atoms with van der Waals surface area (Å²) in [5, 5.41) is 12.0. The van der Waals surface area contributed by atoms with E-state index in [2.05, 4.69) is 20.7 Å². The minimum atomic E-state index is -0.412. The number of halogens is 2. The number of aromatic amines is 1. The highest BCUT2D eigenvalue weighted by Crippen LogP contribution is 2.24. The van der Waals surface area contributed by atoms with Crippen molar-refractivity contribution in [3.8, 4) is 17.0 Å². The zero-order chi connectivity index (χ0) is 23.2. The van der Waals surface area contributed by atoms with E-state index in [1.54, 1.807) is 31.2 Å². The van der Waals surface area contributed by atoms with Crippen molar-refractivity contribution >= 4 is 34.8 Å². The van der Waals surface area contributed by atoms with Crippen molar-refractivity contribution in [2.24, 2.45) is 5.10 Å². The molecule has 0 unspecified atom stereocenters. The molecule has 8 heteroatoms. The predicted molar refractivity (Wildman–Crippen MR) is 131 cm³/mol. The van der Waals surface area contributed by atoms with E-state index in [0.29, 0.717) is 33.8 Å². The standard InChI is InChI=1S/C25H20Cl2N4O2/c1-16(18-10-11-21(26)22(27)13-18)28-31-25(32)24-14-23(29-30-24)19-8-5-9-20(12-19)33-15-17-6-3-2-4-7-17/h2-14H,15H2,1H3,(H,29,30)(H,31,32). The summed E-state index contributed by atoms with van der Waals surface area (Å²) in [6.45, 7) is 2.23. The van der Waals surface area contributed by atoms with Gasteiger partial charge in [0.25, 0.3) is 5.91 Å². The lowest BCUT2D eigenvalue weighted by atomic mass is 10.1. The molecule has 3 aromatic carbocycles. The van der Waals surface area contributed by atoms with Gasteiger partial charge in [-0.2, -0.15) is 10.2 Å². The average molecular weight is 479 g/mol. The maximum atomic E-state index is 12.5. The maximum absolute atomic E-state index is 12.5. The largest absolute Gasteiger partial charge is 0.489 e. The van der Waals surface area contributed by atoms with Crippen molar-refractivity contribution in [2.75, 3.05) is 0 Å². The van der Waals surface area contributed by atoms with Crippen LogP contribution >= 0.6 is 23.2 Å². The number of rotatable bonds is 7. The van der Waals surface area contributed by atoms with E-state index in [-0.39, 0.29) is 5.69 Å². The Bertz CT molecular complexity index is 1300. The Balaban J connectivity index is 1.42. The Morgan fingerprint density at radius 1 is 1.00 bits per heavy atom. The van der Waals surface area contributed by atoms with Crippen molar-refractivity contribution in [1.29, 1.82) is 0 Å². The fourth-order valence-electron chi connectivity index (χ4n) is 3.05. The van der Waals surface area contributed by atoms with E-state index in [0.717, 1.165) is 16.7 Å². The van der Waals surface area contributed by atoms with Crippen molar-refractivity contribution < 1.29 is 9.53 Å². The van der Waals surface area contributed by atoms with Gasteiger partial charge in [0.2, 0.25) is 0 Å². The first-order chi connectivity index (χ1) is 16.0. The minimum absolute atomic E-state index is 0.284. The highest BCUT2D eigenvalue weighted by Gasteiger charge is 2.12. The molecule has 1 amide bonds. The quantitative estimate of drug-likeness (QED) is 0.248. The Morgan fingerprint density at radius 3 is 2.61 bits per heavy atom. The molecule has 0 saturated heterocycles. The zero-order valence-electron chi connectivity index (χ0n) is 17.7. The van der Waals surface area contributed by atoms with Crippen LogP contribution in [0.15, 0.2) is 84.0 Å². The van der Waals surface area contributed by atoms with Gasteiger partial charge in [-0.1, -0.05) is 71.7 Å². The molecule has 0 atom stereocenters. The SMILES string of the molecule is CC(=NNC(=O)c1cc(-c2cccc(OCc3ccccc3)c2)n[nH]1)c1ccc(Cl)c(Cl)c1. The molecule has 1 aromatic heterocycles. The molecular formula is C25H20Cl2N4O2. The molecule has 0 bridgehead atoms. The summed E-state index contributed by atoms with van der Waals surface area (Å²) in [7, 11) is 0. The van der Waals surface area contributed by atoms with E-state index in [4.69, 9.17) is 27.9 Å². The average Bonchev–Trinajstić information content (AvgIpc) is 3.34. The lowest BCUT2D eigenvalue weighted by Crippen LogP contribution is -2.19. The number of aromatic nitrogens is 2. The van der Waals surface area contributed by atoms with E-state index in [1.165, 1.54) is 0 Å². The van der Waals surface area contributed by atoms with E-state index >= 15 is 0 Å². The first-order valence-electron chi connectivity index (χ1n) is 10.1. The van der Waals surface area contributed by atoms with E-state index < -0.39 is 5.91 Å². The van der Waals surface area contributed by atoms with Gasteiger partial charge in [-0.3, -0.25) is 9.89 Å². The number of carbonyl (C=O) groups is 1. The molecule has 0 aliphatic rings. The van der Waals surface area contributed by atoms with Crippen molar-refractivity contribution in [3.63, 3.8) is 0 Å². The molecule has 1 heterocycles. The molecule has 4 rings (SSSR count). The normalized spacial score (nSPS) is 11.3. The summed E-state index contributed by atoms with van der Waals surface area (Å²) in [6, 6.07) is 24.3. The van der Waals surface area contributed by atoms with Crippen molar-refractivity contribution in [1.82, 2.24) is 15.6 Å². The molecular weight excluding hydrogens is 459 g/mol. The molecule has 0 saturated carbocycles. The molecule has 6 nitrogen and oxygen atoms in total. The minimum Gasteiger partial charge on any atom is -0.489 e. The smallest absolute Gasteiger partial charge is 0.289 e. The van der Waals surface area contributed by atoms with E-state index in [1.807, 2.05) is 54.6 Å². The van der Waals surface area contributed by atoms with Crippen LogP contribution in [0.1, 0.15) is 28.5 Å². The number of ether oxygens (including phenoxy) is 1. The second kappa shape index (κ2) is 10.3. The highest BCUT2D eigenvalue weighted by atomic mass is 35.5. The lowest BCUT2D eigenvalue weighted by molar-refractivity contribution is 0.0950. The van der Waals surface area contributed by atoms with Gasteiger partial charge in [0.1, 0.15) is 18.1 Å². The molecule has 0 aliphatic heterocycles. The summed E-state index contributed by atoms with van der Waals surface area (Å²) < 4.78 is 5.88. The third-order valence-corrected chi connectivity index (χ3v) is 5.60. The van der Waals surface area contributed by atoms with Crippen LogP contribution in [-0.2, 0) is 6.61 Å². The molecule has 0 radical (unpaired) electrons. The van der Waals surface area contributed by atoms with Gasteiger partial charge < -0.3 is 4.74 Å². The van der Waals surface area contributed by atoms with Gasteiger partial charge in [-0.05, 0) is 48.4 Å². The van der Waals surface area contributed by atoms with Gasteiger partial charge in [0.05, 0.1) is 21.5 Å².